The van der Waals surface area contributed by atoms with Gasteiger partial charge in [-0.25, -0.2) is 4.68 Å². The van der Waals surface area contributed by atoms with Gasteiger partial charge in [-0.1, -0.05) is 0 Å². The number of hydrogen-bond donors (Lipinski definition) is 2. The number of methoxy groups -OCH3 is 1. The van der Waals surface area contributed by atoms with Crippen LogP contribution in [-0.2, 0) is 13.6 Å². The summed E-state index contributed by atoms with van der Waals surface area (Å²) < 4.78 is 6.56. The summed E-state index contributed by atoms with van der Waals surface area (Å²) in [7, 11) is 7.15. The van der Waals surface area contributed by atoms with E-state index in [4.69, 9.17) is 4.74 Å². The lowest BCUT2D eigenvalue weighted by Gasteiger charge is -2.05. The summed E-state index contributed by atoms with van der Waals surface area (Å²) in [6.45, 7) is 0.723. The number of H-pyrrole nitrogens is 1. The molecule has 0 bridgehead atoms. The summed E-state index contributed by atoms with van der Waals surface area (Å²) in [6, 6.07) is 3.36. The molecule has 0 unspecified atom stereocenters. The lowest BCUT2D eigenvalue weighted by molar-refractivity contribution is 0.102. The predicted molar refractivity (Wildman–Crippen MR) is 73.7 cm³/mol. The SMILES string of the molecule is COc1cc(C(=O)Nc2cc(CN(C)C)[nH]n2)nn1C. The van der Waals surface area contributed by atoms with E-state index in [1.165, 1.54) is 11.8 Å². The van der Waals surface area contributed by atoms with Crippen molar-refractivity contribution in [1.82, 2.24) is 24.9 Å². The van der Waals surface area contributed by atoms with Crippen molar-refractivity contribution in [2.45, 2.75) is 6.54 Å². The van der Waals surface area contributed by atoms with Gasteiger partial charge in [0.1, 0.15) is 0 Å². The highest BCUT2D eigenvalue weighted by Crippen LogP contribution is 2.13. The Morgan fingerprint density at radius 2 is 2.25 bits per heavy atom. The van der Waals surface area contributed by atoms with E-state index in [-0.39, 0.29) is 11.6 Å². The number of aryl methyl sites for hydroxylation is 1. The molecule has 2 heterocycles. The van der Waals surface area contributed by atoms with E-state index < -0.39 is 0 Å². The van der Waals surface area contributed by atoms with Gasteiger partial charge >= 0.3 is 0 Å². The van der Waals surface area contributed by atoms with Crippen molar-refractivity contribution in [2.75, 3.05) is 26.5 Å². The first kappa shape index (κ1) is 14.1. The molecule has 0 aliphatic heterocycles. The van der Waals surface area contributed by atoms with Gasteiger partial charge in [0, 0.05) is 25.7 Å². The van der Waals surface area contributed by atoms with E-state index in [2.05, 4.69) is 20.6 Å². The molecule has 0 aliphatic rings. The first-order valence-electron chi connectivity index (χ1n) is 6.08. The molecule has 0 radical (unpaired) electrons. The molecule has 2 N–H and O–H groups in total. The molecule has 2 rings (SSSR count). The van der Waals surface area contributed by atoms with Gasteiger partial charge in [0.05, 0.1) is 12.8 Å². The number of nitrogens with one attached hydrogen (secondary N) is 2. The normalized spacial score (nSPS) is 10.8. The molecule has 20 heavy (non-hydrogen) atoms. The van der Waals surface area contributed by atoms with Crippen LogP contribution in [0.5, 0.6) is 5.88 Å². The quantitative estimate of drug-likeness (QED) is 0.830. The molecule has 0 saturated heterocycles. The monoisotopic (exact) mass is 278 g/mol. The van der Waals surface area contributed by atoms with Crippen LogP contribution in [0.2, 0.25) is 0 Å². The van der Waals surface area contributed by atoms with Crippen molar-refractivity contribution in [2.24, 2.45) is 7.05 Å². The summed E-state index contributed by atoms with van der Waals surface area (Å²) >= 11 is 0. The van der Waals surface area contributed by atoms with Crippen LogP contribution in [0, 0.1) is 0 Å². The van der Waals surface area contributed by atoms with Crippen molar-refractivity contribution < 1.29 is 9.53 Å². The Morgan fingerprint density at radius 3 is 2.85 bits per heavy atom. The molecule has 0 aliphatic carbocycles. The average molecular weight is 278 g/mol. The van der Waals surface area contributed by atoms with Crippen LogP contribution in [0.25, 0.3) is 0 Å². The molecule has 0 spiro atoms. The molecule has 0 saturated carbocycles. The van der Waals surface area contributed by atoms with Gasteiger partial charge in [-0.15, -0.1) is 0 Å². The minimum absolute atomic E-state index is 0.279. The van der Waals surface area contributed by atoms with Crippen molar-refractivity contribution in [3.05, 3.63) is 23.5 Å². The lowest BCUT2D eigenvalue weighted by atomic mass is 10.3. The molecule has 2 aromatic rings. The highest BCUT2D eigenvalue weighted by atomic mass is 16.5. The first-order chi connectivity index (χ1) is 9.49. The molecule has 1 amide bonds. The van der Waals surface area contributed by atoms with Gasteiger partial charge in [0.2, 0.25) is 5.88 Å². The summed E-state index contributed by atoms with van der Waals surface area (Å²) in [5, 5.41) is 13.7. The number of ether oxygens (including phenoxy) is 1. The zero-order chi connectivity index (χ0) is 14.7. The van der Waals surface area contributed by atoms with E-state index in [9.17, 15) is 4.79 Å². The Morgan fingerprint density at radius 1 is 1.50 bits per heavy atom. The highest BCUT2D eigenvalue weighted by Gasteiger charge is 2.14. The van der Waals surface area contributed by atoms with Crippen LogP contribution >= 0.6 is 0 Å². The van der Waals surface area contributed by atoms with Crippen LogP contribution in [-0.4, -0.2) is 52.0 Å². The number of carbonyl (C=O) groups is 1. The van der Waals surface area contributed by atoms with Crippen LogP contribution in [0.15, 0.2) is 12.1 Å². The first-order valence-corrected chi connectivity index (χ1v) is 6.08. The average Bonchev–Trinajstić information content (AvgIpc) is 2.95. The third-order valence-corrected chi connectivity index (χ3v) is 2.64. The smallest absolute Gasteiger partial charge is 0.277 e. The van der Waals surface area contributed by atoms with Crippen LogP contribution < -0.4 is 10.1 Å². The number of aromatic nitrogens is 4. The second kappa shape index (κ2) is 5.74. The predicted octanol–water partition coefficient (Wildman–Crippen LogP) is 0.466. The third-order valence-electron chi connectivity index (χ3n) is 2.64. The van der Waals surface area contributed by atoms with Crippen molar-refractivity contribution in [3.63, 3.8) is 0 Å². The van der Waals surface area contributed by atoms with Crippen molar-refractivity contribution >= 4 is 11.7 Å². The molecular weight excluding hydrogens is 260 g/mol. The van der Waals surface area contributed by atoms with Gasteiger partial charge in [-0.2, -0.15) is 10.2 Å². The Hall–Kier alpha value is -2.35. The maximum Gasteiger partial charge on any atom is 0.277 e. The van der Waals surface area contributed by atoms with E-state index in [1.54, 1.807) is 19.2 Å². The standard InChI is InChI=1S/C12H18N6O2/c1-17(2)7-8-5-10(15-14-8)13-12(19)9-6-11(20-4)18(3)16-9/h5-6H,7H2,1-4H3,(H2,13,14,15,19). The second-order valence-electron chi connectivity index (χ2n) is 4.67. The van der Waals surface area contributed by atoms with Gasteiger partial charge in [-0.3, -0.25) is 9.89 Å². The van der Waals surface area contributed by atoms with E-state index in [0.29, 0.717) is 11.7 Å². The number of aromatic amines is 1. The Balaban J connectivity index is 2.05. The van der Waals surface area contributed by atoms with Gasteiger partial charge in [0.15, 0.2) is 11.5 Å². The minimum Gasteiger partial charge on any atom is -0.481 e. The Labute approximate surface area is 116 Å². The number of hydrogen-bond acceptors (Lipinski definition) is 5. The molecule has 108 valence electrons. The lowest BCUT2D eigenvalue weighted by Crippen LogP contribution is -2.13. The third kappa shape index (κ3) is 3.15. The Kier molecular flexibility index (Phi) is 4.04. The van der Waals surface area contributed by atoms with Gasteiger partial charge in [0.25, 0.3) is 5.91 Å². The summed E-state index contributed by atoms with van der Waals surface area (Å²) in [4.78, 5) is 14.0. The fraction of sp³-hybridized carbons (Fsp3) is 0.417. The van der Waals surface area contributed by atoms with E-state index in [1.807, 2.05) is 19.0 Å². The highest BCUT2D eigenvalue weighted by molar-refractivity contribution is 6.02. The van der Waals surface area contributed by atoms with Crippen LogP contribution in [0.1, 0.15) is 16.2 Å². The zero-order valence-electron chi connectivity index (χ0n) is 12.0. The van der Waals surface area contributed by atoms with Crippen LogP contribution in [0.4, 0.5) is 5.82 Å². The molecule has 0 atom stereocenters. The van der Waals surface area contributed by atoms with Gasteiger partial charge < -0.3 is 15.0 Å². The van der Waals surface area contributed by atoms with E-state index in [0.717, 1.165) is 12.2 Å². The number of amides is 1. The largest absolute Gasteiger partial charge is 0.481 e. The molecule has 0 aromatic carbocycles. The Bertz CT molecular complexity index is 601. The maximum atomic E-state index is 12.0. The van der Waals surface area contributed by atoms with E-state index >= 15 is 0 Å². The summed E-state index contributed by atoms with van der Waals surface area (Å²) in [5.41, 5.74) is 1.20. The number of carbonyl (C=O) groups excluding carboxylic acids is 1. The second-order valence-corrected chi connectivity index (χ2v) is 4.67. The minimum atomic E-state index is -0.327. The molecule has 8 nitrogen and oxygen atoms in total. The fourth-order valence-electron chi connectivity index (χ4n) is 1.78. The number of anilines is 1. The van der Waals surface area contributed by atoms with Crippen LogP contribution in [0.3, 0.4) is 0 Å². The van der Waals surface area contributed by atoms with Gasteiger partial charge in [-0.05, 0) is 14.1 Å². The number of nitrogens with zero attached hydrogens (tertiary/aromatic N) is 4. The molecular formula is C12H18N6O2. The summed E-state index contributed by atoms with van der Waals surface area (Å²) in [6.07, 6.45) is 0. The summed E-state index contributed by atoms with van der Waals surface area (Å²) in [5.74, 6) is 0.661. The topological polar surface area (TPSA) is 88.1 Å². The molecule has 2 aromatic heterocycles. The maximum absolute atomic E-state index is 12.0. The van der Waals surface area contributed by atoms with Crippen molar-refractivity contribution in [1.29, 1.82) is 0 Å². The number of rotatable bonds is 5. The van der Waals surface area contributed by atoms with Crippen molar-refractivity contribution in [3.8, 4) is 5.88 Å². The molecule has 0 fully saturated rings. The fourth-order valence-corrected chi connectivity index (χ4v) is 1.78. The zero-order valence-corrected chi connectivity index (χ0v) is 12.0. The molecule has 8 heteroatoms.